The van der Waals surface area contributed by atoms with Crippen LogP contribution in [-0.4, -0.2) is 26.6 Å². The van der Waals surface area contributed by atoms with Gasteiger partial charge in [-0.3, -0.25) is 4.79 Å². The van der Waals surface area contributed by atoms with E-state index in [0.717, 1.165) is 6.07 Å². The van der Waals surface area contributed by atoms with Crippen molar-refractivity contribution in [3.05, 3.63) is 24.0 Å². The van der Waals surface area contributed by atoms with E-state index >= 15 is 0 Å². The summed E-state index contributed by atoms with van der Waals surface area (Å²) in [6, 6.07) is 4.01. The van der Waals surface area contributed by atoms with Crippen molar-refractivity contribution in [2.75, 3.05) is 22.9 Å². The topological polar surface area (TPSA) is 80.5 Å². The van der Waals surface area contributed by atoms with Gasteiger partial charge in [-0.25, -0.2) is 4.39 Å². The van der Waals surface area contributed by atoms with Crippen LogP contribution in [0.15, 0.2) is 18.2 Å². The predicted molar refractivity (Wildman–Crippen MR) is 66.2 cm³/mol. The molecule has 2 N–H and O–H groups in total. The predicted octanol–water partition coefficient (Wildman–Crippen LogP) is 1.06. The zero-order valence-electron chi connectivity index (χ0n) is 9.84. The zero-order valence-corrected chi connectivity index (χ0v) is 10.7. The number of hydrogen-bond acceptors (Lipinski definition) is 4. The number of para-hydroxylation sites is 1. The van der Waals surface area contributed by atoms with Gasteiger partial charge in [0.15, 0.2) is 0 Å². The second kappa shape index (κ2) is 4.76. The molecule has 1 amide bonds. The maximum absolute atomic E-state index is 13.3. The van der Waals surface area contributed by atoms with Gasteiger partial charge < -0.3 is 10.6 Å². The molecule has 8 heteroatoms. The molecule has 0 aliphatic carbocycles. The van der Waals surface area contributed by atoms with Crippen LogP contribution in [0.4, 0.5) is 19.7 Å². The third kappa shape index (κ3) is 3.01. The van der Waals surface area contributed by atoms with E-state index in [1.54, 1.807) is 0 Å². The summed E-state index contributed by atoms with van der Waals surface area (Å²) in [5.74, 6) is -2.42. The summed E-state index contributed by atoms with van der Waals surface area (Å²) in [6.07, 6.45) is -0.0981. The first-order valence-electron chi connectivity index (χ1n) is 5.54. The number of amides is 1. The molecule has 2 rings (SSSR count). The maximum Gasteiger partial charge on any atom is 0.302 e. The second-order valence-corrected chi connectivity index (χ2v) is 5.86. The zero-order chi connectivity index (χ0) is 14.2. The van der Waals surface area contributed by atoms with Crippen molar-refractivity contribution < 1.29 is 21.5 Å². The summed E-state index contributed by atoms with van der Waals surface area (Å²) >= 11 is 0. The second-order valence-electron chi connectivity index (χ2n) is 4.45. The van der Waals surface area contributed by atoms with Gasteiger partial charge in [0.25, 0.3) is 0 Å². The third-order valence-corrected chi connectivity index (χ3v) is 3.83. The lowest BCUT2D eigenvalue weighted by molar-refractivity contribution is -0.117. The van der Waals surface area contributed by atoms with Gasteiger partial charge >= 0.3 is 10.2 Å². The molecule has 1 atom stereocenters. The number of nitrogens with zero attached hydrogens (tertiary/aromatic N) is 1. The van der Waals surface area contributed by atoms with Gasteiger partial charge in [-0.15, -0.1) is 3.89 Å². The molecule has 0 aromatic heterocycles. The Balaban J connectivity index is 2.23. The van der Waals surface area contributed by atoms with Crippen LogP contribution in [0.5, 0.6) is 0 Å². The van der Waals surface area contributed by atoms with Gasteiger partial charge in [0.1, 0.15) is 5.82 Å². The number of nitrogens with two attached hydrogens (primary N) is 1. The van der Waals surface area contributed by atoms with Crippen LogP contribution >= 0.6 is 0 Å². The van der Waals surface area contributed by atoms with Gasteiger partial charge in [-0.1, -0.05) is 6.07 Å². The Kier molecular flexibility index (Phi) is 3.44. The van der Waals surface area contributed by atoms with E-state index in [-0.39, 0.29) is 24.3 Å². The largest absolute Gasteiger partial charge is 0.395 e. The van der Waals surface area contributed by atoms with E-state index in [4.69, 9.17) is 5.73 Å². The first kappa shape index (κ1) is 13.7. The standard InChI is InChI=1S/C11H12F2N2O3S/c12-8-2-1-3-9(11(8)14)15-5-7(4-10(15)16)6-19(13,17)18/h1-3,7H,4-6,14H2. The summed E-state index contributed by atoms with van der Waals surface area (Å²) < 4.78 is 47.1. The van der Waals surface area contributed by atoms with E-state index in [9.17, 15) is 21.5 Å². The molecular formula is C11H12F2N2O3S. The molecule has 19 heavy (non-hydrogen) atoms. The van der Waals surface area contributed by atoms with Gasteiger partial charge in [0, 0.05) is 18.9 Å². The first-order chi connectivity index (χ1) is 8.78. The van der Waals surface area contributed by atoms with E-state index in [1.165, 1.54) is 17.0 Å². The molecule has 1 aromatic carbocycles. The Bertz CT molecular complexity index is 618. The lowest BCUT2D eigenvalue weighted by Gasteiger charge is -2.18. The summed E-state index contributed by atoms with van der Waals surface area (Å²) in [4.78, 5) is 13.0. The number of halogens is 2. The van der Waals surface area contributed by atoms with Crippen LogP contribution in [0, 0.1) is 11.7 Å². The quantitative estimate of drug-likeness (QED) is 0.666. The Morgan fingerprint density at radius 1 is 1.42 bits per heavy atom. The molecule has 1 fully saturated rings. The molecule has 0 saturated carbocycles. The molecule has 0 radical (unpaired) electrons. The molecule has 0 spiro atoms. The monoisotopic (exact) mass is 290 g/mol. The third-order valence-electron chi connectivity index (χ3n) is 2.96. The van der Waals surface area contributed by atoms with Gasteiger partial charge in [0.05, 0.1) is 17.1 Å². The number of carbonyl (C=O) groups excluding carboxylic acids is 1. The highest BCUT2D eigenvalue weighted by molar-refractivity contribution is 7.86. The Hall–Kier alpha value is -1.70. The van der Waals surface area contributed by atoms with E-state index in [1.807, 2.05) is 0 Å². The normalized spacial score (nSPS) is 20.0. The summed E-state index contributed by atoms with van der Waals surface area (Å²) in [6.45, 7) is 0.00956. The number of anilines is 2. The molecule has 1 saturated heterocycles. The smallest absolute Gasteiger partial charge is 0.302 e. The molecule has 1 aromatic rings. The molecule has 0 bridgehead atoms. The number of hydrogen-bond donors (Lipinski definition) is 1. The Morgan fingerprint density at radius 2 is 2.11 bits per heavy atom. The Morgan fingerprint density at radius 3 is 2.74 bits per heavy atom. The first-order valence-corrected chi connectivity index (χ1v) is 7.10. The fraction of sp³-hybridized carbons (Fsp3) is 0.364. The number of carbonyl (C=O) groups is 1. The van der Waals surface area contributed by atoms with Crippen LogP contribution < -0.4 is 10.6 Å². The van der Waals surface area contributed by atoms with E-state index in [2.05, 4.69) is 0 Å². The molecule has 5 nitrogen and oxygen atoms in total. The fourth-order valence-electron chi connectivity index (χ4n) is 2.17. The summed E-state index contributed by atoms with van der Waals surface area (Å²) in [7, 11) is -4.64. The van der Waals surface area contributed by atoms with Crippen molar-refractivity contribution in [2.45, 2.75) is 6.42 Å². The molecule has 1 heterocycles. The SMILES string of the molecule is Nc1c(F)cccc1N1CC(CS(=O)(=O)F)CC1=O. The van der Waals surface area contributed by atoms with Crippen molar-refractivity contribution >= 4 is 27.5 Å². The number of rotatable bonds is 3. The van der Waals surface area contributed by atoms with Gasteiger partial charge in [-0.05, 0) is 12.1 Å². The number of benzene rings is 1. The molecule has 1 aliphatic heterocycles. The van der Waals surface area contributed by atoms with Crippen LogP contribution in [0.3, 0.4) is 0 Å². The molecule has 104 valence electrons. The minimum Gasteiger partial charge on any atom is -0.395 e. The molecule has 1 unspecified atom stereocenters. The highest BCUT2D eigenvalue weighted by Crippen LogP contribution is 2.31. The van der Waals surface area contributed by atoms with Gasteiger partial charge in [0.2, 0.25) is 5.91 Å². The van der Waals surface area contributed by atoms with Crippen LogP contribution in [-0.2, 0) is 15.0 Å². The fourth-order valence-corrected chi connectivity index (χ4v) is 2.95. The minimum atomic E-state index is -4.64. The minimum absolute atomic E-state index is 0.00956. The van der Waals surface area contributed by atoms with Gasteiger partial charge in [-0.2, -0.15) is 8.42 Å². The van der Waals surface area contributed by atoms with E-state index in [0.29, 0.717) is 0 Å². The Labute approximate surface area is 109 Å². The highest BCUT2D eigenvalue weighted by atomic mass is 32.3. The van der Waals surface area contributed by atoms with Crippen molar-refractivity contribution in [3.8, 4) is 0 Å². The lowest BCUT2D eigenvalue weighted by atomic mass is 10.1. The number of nitrogen functional groups attached to an aromatic ring is 1. The summed E-state index contributed by atoms with van der Waals surface area (Å²) in [5, 5.41) is 0. The van der Waals surface area contributed by atoms with Crippen LogP contribution in [0.2, 0.25) is 0 Å². The lowest BCUT2D eigenvalue weighted by Crippen LogP contribution is -2.26. The molecule has 1 aliphatic rings. The van der Waals surface area contributed by atoms with Crippen LogP contribution in [0.1, 0.15) is 6.42 Å². The van der Waals surface area contributed by atoms with E-state index < -0.39 is 33.6 Å². The van der Waals surface area contributed by atoms with Crippen molar-refractivity contribution in [3.63, 3.8) is 0 Å². The van der Waals surface area contributed by atoms with Crippen LogP contribution in [0.25, 0.3) is 0 Å². The summed E-state index contributed by atoms with van der Waals surface area (Å²) in [5.41, 5.74) is 5.54. The highest BCUT2D eigenvalue weighted by Gasteiger charge is 2.34. The van der Waals surface area contributed by atoms with Crippen molar-refractivity contribution in [1.82, 2.24) is 0 Å². The van der Waals surface area contributed by atoms with Crippen molar-refractivity contribution in [1.29, 1.82) is 0 Å². The van der Waals surface area contributed by atoms with Crippen molar-refractivity contribution in [2.24, 2.45) is 5.92 Å². The average molecular weight is 290 g/mol. The average Bonchev–Trinajstić information content (AvgIpc) is 2.61. The molecular weight excluding hydrogens is 278 g/mol. The maximum atomic E-state index is 13.3.